The van der Waals surface area contributed by atoms with Crippen LogP contribution in [0.15, 0.2) is 90.0 Å². The van der Waals surface area contributed by atoms with Crippen molar-refractivity contribution in [1.82, 2.24) is 24.8 Å². The summed E-state index contributed by atoms with van der Waals surface area (Å²) in [7, 11) is -0.289. The van der Waals surface area contributed by atoms with Gasteiger partial charge in [0.25, 0.3) is 5.56 Å². The molecule has 1 saturated heterocycles. The number of aryl methyl sites for hydroxylation is 2. The number of aromatic nitrogens is 5. The summed E-state index contributed by atoms with van der Waals surface area (Å²) >= 11 is 0. The van der Waals surface area contributed by atoms with E-state index in [0.29, 0.717) is 29.8 Å². The van der Waals surface area contributed by atoms with Crippen LogP contribution in [-0.4, -0.2) is 63.9 Å². The summed E-state index contributed by atoms with van der Waals surface area (Å²) in [6.45, 7) is 8.05. The molecule has 0 aliphatic carbocycles. The minimum Gasteiger partial charge on any atom is -0.497 e. The van der Waals surface area contributed by atoms with E-state index in [1.165, 1.54) is 9.87 Å². The fourth-order valence-corrected chi connectivity index (χ4v) is 11.4. The Morgan fingerprint density at radius 2 is 1.78 bits per heavy atom. The molecule has 0 bridgehead atoms. The predicted molar refractivity (Wildman–Crippen MR) is 183 cm³/mol. The van der Waals surface area contributed by atoms with E-state index in [9.17, 15) is 9.90 Å². The Bertz CT molecular complexity index is 1840. The van der Waals surface area contributed by atoms with E-state index in [1.807, 2.05) is 47.3 Å². The largest absolute Gasteiger partial charge is 0.497 e. The van der Waals surface area contributed by atoms with Crippen molar-refractivity contribution < 1.29 is 14.6 Å². The van der Waals surface area contributed by atoms with Crippen molar-refractivity contribution >= 4 is 24.0 Å². The van der Waals surface area contributed by atoms with Crippen LogP contribution in [0.5, 0.6) is 5.75 Å². The molecule has 9 nitrogen and oxygen atoms in total. The average Bonchev–Trinajstić information content (AvgIpc) is 3.66. The lowest BCUT2D eigenvalue weighted by molar-refractivity contribution is 0.0249. The standard InChI is InChI=1S/C36H43N5O4Si/c1-25-33(17-12-26-8-7-10-29(22-26)41-36(43)32-11-6-5-9-27(32)23-37-41)45-34(18-20-40-24-28(19-21-42)38-39-40)35(25)46(3,4)31-15-13-30(44-2)14-16-31/h5-11,13-16,22-25,33-35,42H,12,17-21H2,1-4H3/t25-,33+,34-,35+/m0/s1. The monoisotopic (exact) mass is 637 g/mol. The van der Waals surface area contributed by atoms with Crippen LogP contribution in [0.1, 0.15) is 31.0 Å². The van der Waals surface area contributed by atoms with Crippen molar-refractivity contribution in [2.75, 3.05) is 13.7 Å². The van der Waals surface area contributed by atoms with Crippen molar-refractivity contribution in [3.05, 3.63) is 107 Å². The Balaban J connectivity index is 1.21. The van der Waals surface area contributed by atoms with Gasteiger partial charge in [-0.05, 0) is 66.6 Å². The maximum Gasteiger partial charge on any atom is 0.279 e. The summed E-state index contributed by atoms with van der Waals surface area (Å²) < 4.78 is 15.8. The lowest BCUT2D eigenvalue weighted by Gasteiger charge is -2.36. The van der Waals surface area contributed by atoms with Crippen LogP contribution in [0.2, 0.25) is 18.6 Å². The molecular weight excluding hydrogens is 595 g/mol. The fourth-order valence-electron chi connectivity index (χ4n) is 7.28. The van der Waals surface area contributed by atoms with Crippen LogP contribution >= 0.6 is 0 Å². The molecule has 10 heteroatoms. The second-order valence-electron chi connectivity index (χ2n) is 12.9. The molecule has 1 aliphatic heterocycles. The maximum atomic E-state index is 13.2. The van der Waals surface area contributed by atoms with E-state index in [1.54, 1.807) is 13.3 Å². The Labute approximate surface area is 270 Å². The smallest absolute Gasteiger partial charge is 0.279 e. The van der Waals surface area contributed by atoms with Crippen LogP contribution in [0.25, 0.3) is 16.5 Å². The van der Waals surface area contributed by atoms with Crippen molar-refractivity contribution in [2.24, 2.45) is 5.92 Å². The van der Waals surface area contributed by atoms with Crippen LogP contribution in [0, 0.1) is 5.92 Å². The number of hydrogen-bond acceptors (Lipinski definition) is 7. The molecule has 2 aromatic heterocycles. The molecule has 3 aromatic carbocycles. The zero-order valence-corrected chi connectivity index (χ0v) is 28.0. The van der Waals surface area contributed by atoms with Gasteiger partial charge in [0.05, 0.1) is 50.4 Å². The lowest BCUT2D eigenvalue weighted by Crippen LogP contribution is -2.50. The van der Waals surface area contributed by atoms with Gasteiger partial charge in [-0.2, -0.15) is 9.78 Å². The molecule has 1 aliphatic rings. The van der Waals surface area contributed by atoms with Gasteiger partial charge in [0.2, 0.25) is 0 Å². The van der Waals surface area contributed by atoms with E-state index in [-0.39, 0.29) is 24.4 Å². The van der Waals surface area contributed by atoms with Gasteiger partial charge in [0, 0.05) is 31.2 Å². The van der Waals surface area contributed by atoms with E-state index < -0.39 is 8.07 Å². The van der Waals surface area contributed by atoms with Gasteiger partial charge in [-0.15, -0.1) is 5.10 Å². The Hall–Kier alpha value is -4.12. The van der Waals surface area contributed by atoms with Gasteiger partial charge in [-0.3, -0.25) is 9.48 Å². The number of fused-ring (bicyclic) bond motifs is 1. The molecule has 5 aromatic rings. The molecule has 1 fully saturated rings. The average molecular weight is 638 g/mol. The highest BCUT2D eigenvalue weighted by molar-refractivity contribution is 6.91. The number of aliphatic hydroxyl groups is 1. The molecule has 6 rings (SSSR count). The minimum absolute atomic E-state index is 0.0613. The van der Waals surface area contributed by atoms with E-state index in [0.717, 1.165) is 47.3 Å². The molecule has 46 heavy (non-hydrogen) atoms. The van der Waals surface area contributed by atoms with Crippen molar-refractivity contribution in [2.45, 2.75) is 70.0 Å². The molecule has 0 spiro atoms. The molecular formula is C36H43N5O4Si. The number of aliphatic hydroxyl groups excluding tert-OH is 1. The third-order valence-corrected chi connectivity index (χ3v) is 14.1. The van der Waals surface area contributed by atoms with Crippen LogP contribution in [-0.2, 0) is 24.1 Å². The number of methoxy groups -OCH3 is 1. The highest BCUT2D eigenvalue weighted by Gasteiger charge is 2.50. The zero-order valence-electron chi connectivity index (χ0n) is 27.0. The SMILES string of the molecule is COc1ccc([Si](C)(C)[C@@H]2[C@@H](C)[C@@H](CCc3cccc(-n4ncc5ccccc5c4=O)c3)O[C@H]2CCn2cc(CCO)nn2)cc1. The van der Waals surface area contributed by atoms with Gasteiger partial charge >= 0.3 is 0 Å². The van der Waals surface area contributed by atoms with Gasteiger partial charge in [-0.25, -0.2) is 0 Å². The number of benzene rings is 3. The van der Waals surface area contributed by atoms with Crippen LogP contribution < -0.4 is 15.5 Å². The summed E-state index contributed by atoms with van der Waals surface area (Å²) in [6, 6.07) is 24.3. The number of ether oxygens (including phenoxy) is 2. The third-order valence-electron chi connectivity index (χ3n) is 9.74. The molecule has 0 amide bonds. The summed E-state index contributed by atoms with van der Waals surface area (Å²) in [5.41, 5.74) is 3.01. The van der Waals surface area contributed by atoms with Crippen LogP contribution in [0.3, 0.4) is 0 Å². The Morgan fingerprint density at radius 1 is 0.978 bits per heavy atom. The first-order chi connectivity index (χ1) is 22.3. The highest BCUT2D eigenvalue weighted by Crippen LogP contribution is 2.46. The summed E-state index contributed by atoms with van der Waals surface area (Å²) in [4.78, 5) is 13.2. The molecule has 0 radical (unpaired) electrons. The van der Waals surface area contributed by atoms with Gasteiger partial charge < -0.3 is 14.6 Å². The summed E-state index contributed by atoms with van der Waals surface area (Å²) in [5.74, 6) is 1.23. The summed E-state index contributed by atoms with van der Waals surface area (Å²) in [5, 5.41) is 25.2. The number of rotatable bonds is 12. The molecule has 4 atom stereocenters. The number of nitrogens with zero attached hydrogens (tertiary/aromatic N) is 5. The van der Waals surface area contributed by atoms with Gasteiger partial charge in [0.1, 0.15) is 5.75 Å². The lowest BCUT2D eigenvalue weighted by atomic mass is 9.95. The molecule has 0 saturated carbocycles. The molecule has 1 N–H and O–H groups in total. The molecule has 240 valence electrons. The van der Waals surface area contributed by atoms with Crippen molar-refractivity contribution in [3.8, 4) is 11.4 Å². The van der Waals surface area contributed by atoms with Crippen molar-refractivity contribution in [3.63, 3.8) is 0 Å². The summed E-state index contributed by atoms with van der Waals surface area (Å²) in [6.07, 6.45) is 6.93. The van der Waals surface area contributed by atoms with E-state index in [4.69, 9.17) is 9.47 Å². The van der Waals surface area contributed by atoms with Crippen LogP contribution in [0.4, 0.5) is 0 Å². The van der Waals surface area contributed by atoms with Crippen molar-refractivity contribution in [1.29, 1.82) is 0 Å². The van der Waals surface area contributed by atoms with Gasteiger partial charge in [-0.1, -0.05) is 72.9 Å². The predicted octanol–water partition coefficient (Wildman–Crippen LogP) is 4.93. The molecule has 3 heterocycles. The zero-order chi connectivity index (χ0) is 32.3. The maximum absolute atomic E-state index is 13.2. The second kappa shape index (κ2) is 13.7. The quantitative estimate of drug-likeness (QED) is 0.194. The van der Waals surface area contributed by atoms with E-state index >= 15 is 0 Å². The Morgan fingerprint density at radius 3 is 2.57 bits per heavy atom. The molecule has 0 unspecified atom stereocenters. The first kappa shape index (κ1) is 31.8. The first-order valence-corrected chi connectivity index (χ1v) is 19.2. The third kappa shape index (κ3) is 6.56. The number of hydrogen-bond donors (Lipinski definition) is 1. The topological polar surface area (TPSA) is 104 Å². The van der Waals surface area contributed by atoms with Gasteiger partial charge in [0.15, 0.2) is 0 Å². The van der Waals surface area contributed by atoms with E-state index in [2.05, 4.69) is 71.8 Å². The normalized spacial score (nSPS) is 19.9. The Kier molecular flexibility index (Phi) is 9.48. The second-order valence-corrected chi connectivity index (χ2v) is 17.6. The minimum atomic E-state index is -1.99. The fraction of sp³-hybridized carbons (Fsp3) is 0.389. The highest BCUT2D eigenvalue weighted by atomic mass is 28.3. The first-order valence-electron chi connectivity index (χ1n) is 16.1.